The fourth-order valence-electron chi connectivity index (χ4n) is 3.39. The Morgan fingerprint density at radius 3 is 2.67 bits per heavy atom. The minimum atomic E-state index is -0.0886. The van der Waals surface area contributed by atoms with Gasteiger partial charge in [-0.1, -0.05) is 26.8 Å². The maximum atomic E-state index is 12.1. The van der Waals surface area contributed by atoms with Crippen molar-refractivity contribution in [1.29, 1.82) is 0 Å². The van der Waals surface area contributed by atoms with E-state index in [0.717, 1.165) is 28.3 Å². The number of ether oxygens (including phenoxy) is 2. The van der Waals surface area contributed by atoms with Gasteiger partial charge < -0.3 is 14.8 Å². The molecular formula is C18H21N3O3. The molecule has 2 aromatic rings. The number of anilines is 1. The Morgan fingerprint density at radius 2 is 1.92 bits per heavy atom. The summed E-state index contributed by atoms with van der Waals surface area (Å²) in [5.41, 5.74) is 3.08. The van der Waals surface area contributed by atoms with Crippen LogP contribution in [0.5, 0.6) is 11.5 Å². The third-order valence-corrected chi connectivity index (χ3v) is 4.52. The molecule has 1 aromatic carbocycles. The SMILES string of the molecule is CC(C)(C)c1[nH]nc2c1C(c1ccc3c(c1)OCCO3)CC(=O)N2. The highest BCUT2D eigenvalue weighted by atomic mass is 16.6. The number of benzene rings is 1. The van der Waals surface area contributed by atoms with Gasteiger partial charge >= 0.3 is 0 Å². The van der Waals surface area contributed by atoms with Crippen LogP contribution in [-0.4, -0.2) is 29.3 Å². The van der Waals surface area contributed by atoms with Gasteiger partial charge in [0.25, 0.3) is 0 Å². The number of hydrogen-bond donors (Lipinski definition) is 2. The highest BCUT2D eigenvalue weighted by Gasteiger charge is 2.35. The Bertz CT molecular complexity index is 804. The first-order valence-corrected chi connectivity index (χ1v) is 8.21. The van der Waals surface area contributed by atoms with E-state index in [1.807, 2.05) is 18.2 Å². The molecule has 0 radical (unpaired) electrons. The van der Waals surface area contributed by atoms with Gasteiger partial charge in [-0.05, 0) is 17.7 Å². The van der Waals surface area contributed by atoms with Crippen molar-refractivity contribution < 1.29 is 14.3 Å². The first-order chi connectivity index (χ1) is 11.4. The highest BCUT2D eigenvalue weighted by molar-refractivity contribution is 5.94. The zero-order chi connectivity index (χ0) is 16.9. The van der Waals surface area contributed by atoms with Gasteiger partial charge in [0.2, 0.25) is 5.91 Å². The lowest BCUT2D eigenvalue weighted by atomic mass is 9.79. The maximum Gasteiger partial charge on any atom is 0.226 e. The fourth-order valence-corrected chi connectivity index (χ4v) is 3.39. The summed E-state index contributed by atoms with van der Waals surface area (Å²) in [6.07, 6.45) is 0.398. The van der Waals surface area contributed by atoms with Gasteiger partial charge in [0.05, 0.1) is 0 Å². The van der Waals surface area contributed by atoms with E-state index in [0.29, 0.717) is 25.5 Å². The number of fused-ring (bicyclic) bond motifs is 2. The summed E-state index contributed by atoms with van der Waals surface area (Å²) >= 11 is 0. The third kappa shape index (κ3) is 2.42. The van der Waals surface area contributed by atoms with Crippen molar-refractivity contribution in [2.75, 3.05) is 18.5 Å². The van der Waals surface area contributed by atoms with Crippen molar-refractivity contribution in [2.24, 2.45) is 0 Å². The van der Waals surface area contributed by atoms with E-state index in [2.05, 4.69) is 36.3 Å². The minimum absolute atomic E-state index is 0.0191. The van der Waals surface area contributed by atoms with E-state index in [1.165, 1.54) is 0 Å². The number of H-pyrrole nitrogens is 1. The molecule has 0 spiro atoms. The van der Waals surface area contributed by atoms with E-state index >= 15 is 0 Å². The molecule has 1 aromatic heterocycles. The summed E-state index contributed by atoms with van der Waals surface area (Å²) in [7, 11) is 0. The van der Waals surface area contributed by atoms with E-state index in [-0.39, 0.29) is 17.2 Å². The standard InChI is InChI=1S/C18H21N3O3/c1-18(2,3)16-15-11(9-14(22)19-17(15)21-20-16)10-4-5-12-13(8-10)24-7-6-23-12/h4-5,8,11H,6-7,9H2,1-3H3,(H2,19,20,21,22). The van der Waals surface area contributed by atoms with Crippen molar-refractivity contribution in [3.63, 3.8) is 0 Å². The van der Waals surface area contributed by atoms with Gasteiger partial charge in [0.15, 0.2) is 17.3 Å². The van der Waals surface area contributed by atoms with Crippen LogP contribution in [0, 0.1) is 0 Å². The van der Waals surface area contributed by atoms with Crippen LogP contribution in [0.15, 0.2) is 18.2 Å². The van der Waals surface area contributed by atoms with Gasteiger partial charge in [-0.2, -0.15) is 5.10 Å². The zero-order valence-electron chi connectivity index (χ0n) is 14.1. The molecule has 2 N–H and O–H groups in total. The summed E-state index contributed by atoms with van der Waals surface area (Å²) in [5.74, 6) is 2.07. The Balaban J connectivity index is 1.82. The number of amides is 1. The maximum absolute atomic E-state index is 12.1. The van der Waals surface area contributed by atoms with Crippen molar-refractivity contribution in [3.8, 4) is 11.5 Å². The number of carbonyl (C=O) groups is 1. The first kappa shape index (κ1) is 15.1. The van der Waals surface area contributed by atoms with Gasteiger partial charge in [-0.25, -0.2) is 0 Å². The average molecular weight is 327 g/mol. The molecule has 0 saturated carbocycles. The molecule has 0 aliphatic carbocycles. The number of hydrogen-bond acceptors (Lipinski definition) is 4. The summed E-state index contributed by atoms with van der Waals surface area (Å²) < 4.78 is 11.3. The Labute approximate surface area is 140 Å². The second-order valence-corrected chi connectivity index (χ2v) is 7.32. The molecule has 0 saturated heterocycles. The van der Waals surface area contributed by atoms with Crippen LogP contribution in [0.3, 0.4) is 0 Å². The molecule has 4 rings (SSSR count). The van der Waals surface area contributed by atoms with Gasteiger partial charge in [-0.15, -0.1) is 0 Å². The van der Waals surface area contributed by atoms with Crippen molar-refractivity contribution >= 4 is 11.7 Å². The van der Waals surface area contributed by atoms with Crippen molar-refractivity contribution in [2.45, 2.75) is 38.5 Å². The molecule has 6 heteroatoms. The predicted molar refractivity (Wildman–Crippen MR) is 89.8 cm³/mol. The number of aromatic amines is 1. The fraction of sp³-hybridized carbons (Fsp3) is 0.444. The Hall–Kier alpha value is -2.50. The highest BCUT2D eigenvalue weighted by Crippen LogP contribution is 2.43. The Kier molecular flexibility index (Phi) is 3.30. The van der Waals surface area contributed by atoms with Gasteiger partial charge in [0.1, 0.15) is 13.2 Å². The number of aromatic nitrogens is 2. The number of nitrogens with zero attached hydrogens (tertiary/aromatic N) is 1. The average Bonchev–Trinajstić information content (AvgIpc) is 2.97. The molecule has 126 valence electrons. The smallest absolute Gasteiger partial charge is 0.226 e. The van der Waals surface area contributed by atoms with E-state index in [4.69, 9.17) is 9.47 Å². The van der Waals surface area contributed by atoms with Crippen LogP contribution >= 0.6 is 0 Å². The largest absolute Gasteiger partial charge is 0.486 e. The zero-order valence-corrected chi connectivity index (χ0v) is 14.1. The molecule has 0 bridgehead atoms. The number of carbonyl (C=O) groups excluding carboxylic acids is 1. The summed E-state index contributed by atoms with van der Waals surface area (Å²) in [6.45, 7) is 7.53. The van der Waals surface area contributed by atoms with Crippen LogP contribution in [-0.2, 0) is 10.2 Å². The lowest BCUT2D eigenvalue weighted by Gasteiger charge is -2.28. The minimum Gasteiger partial charge on any atom is -0.486 e. The number of nitrogens with one attached hydrogen (secondary N) is 2. The lowest BCUT2D eigenvalue weighted by Crippen LogP contribution is -2.26. The van der Waals surface area contributed by atoms with Crippen LogP contribution in [0.1, 0.15) is 49.9 Å². The van der Waals surface area contributed by atoms with E-state index in [1.54, 1.807) is 0 Å². The summed E-state index contributed by atoms with van der Waals surface area (Å²) in [4.78, 5) is 12.1. The first-order valence-electron chi connectivity index (χ1n) is 8.21. The topological polar surface area (TPSA) is 76.2 Å². The van der Waals surface area contributed by atoms with Gasteiger partial charge in [0, 0.05) is 29.0 Å². The van der Waals surface area contributed by atoms with Crippen LogP contribution < -0.4 is 14.8 Å². The molecule has 2 aliphatic heterocycles. The Morgan fingerprint density at radius 1 is 1.17 bits per heavy atom. The summed E-state index contributed by atoms with van der Waals surface area (Å²) in [6, 6.07) is 5.92. The lowest BCUT2D eigenvalue weighted by molar-refractivity contribution is -0.116. The number of rotatable bonds is 1. The van der Waals surface area contributed by atoms with Crippen LogP contribution in [0.2, 0.25) is 0 Å². The molecule has 1 atom stereocenters. The molecule has 1 amide bonds. The molecule has 3 heterocycles. The third-order valence-electron chi connectivity index (χ3n) is 4.52. The molecule has 1 unspecified atom stereocenters. The van der Waals surface area contributed by atoms with Crippen molar-refractivity contribution in [1.82, 2.24) is 10.2 Å². The van der Waals surface area contributed by atoms with Crippen LogP contribution in [0.25, 0.3) is 0 Å². The normalized spacial score (nSPS) is 19.6. The second-order valence-electron chi connectivity index (χ2n) is 7.32. The van der Waals surface area contributed by atoms with Crippen LogP contribution in [0.4, 0.5) is 5.82 Å². The molecule has 24 heavy (non-hydrogen) atoms. The second kappa shape index (κ2) is 5.26. The predicted octanol–water partition coefficient (Wildman–Crippen LogP) is 2.95. The quantitative estimate of drug-likeness (QED) is 0.844. The monoisotopic (exact) mass is 327 g/mol. The van der Waals surface area contributed by atoms with Crippen molar-refractivity contribution in [3.05, 3.63) is 35.0 Å². The van der Waals surface area contributed by atoms with E-state index in [9.17, 15) is 4.79 Å². The van der Waals surface area contributed by atoms with E-state index < -0.39 is 0 Å². The summed E-state index contributed by atoms with van der Waals surface area (Å²) in [5, 5.41) is 10.3. The molecule has 6 nitrogen and oxygen atoms in total. The molecule has 2 aliphatic rings. The van der Waals surface area contributed by atoms with Gasteiger partial charge in [-0.3, -0.25) is 9.89 Å². The molecule has 0 fully saturated rings. The molecular weight excluding hydrogens is 306 g/mol.